The number of aryl methyl sites for hydroxylation is 1. The molecule has 150 valence electrons. The molecular formula is C23H23BrN2O3. The molecule has 29 heavy (non-hydrogen) atoms. The molecule has 1 aliphatic heterocycles. The van der Waals surface area contributed by atoms with Crippen molar-refractivity contribution in [3.63, 3.8) is 0 Å². The van der Waals surface area contributed by atoms with Crippen molar-refractivity contribution in [2.75, 3.05) is 18.1 Å². The Bertz CT molecular complexity index is 972. The lowest BCUT2D eigenvalue weighted by Gasteiger charge is -2.38. The highest BCUT2D eigenvalue weighted by molar-refractivity contribution is 9.10. The number of hydrogen-bond acceptors (Lipinski definition) is 3. The number of carbonyl (C=O) groups excluding carboxylic acids is 2. The molecule has 0 spiro atoms. The molecule has 0 N–H and O–H groups in total. The average Bonchev–Trinajstić information content (AvgIpc) is 3.55. The summed E-state index contributed by atoms with van der Waals surface area (Å²) in [5.41, 5.74) is 3.29. The zero-order valence-electron chi connectivity index (χ0n) is 16.1. The van der Waals surface area contributed by atoms with Crippen LogP contribution in [0.5, 0.6) is 5.75 Å². The van der Waals surface area contributed by atoms with E-state index in [1.54, 1.807) is 4.90 Å². The fraction of sp³-hybridized carbons (Fsp3) is 0.391. The van der Waals surface area contributed by atoms with Crippen LogP contribution in [0.25, 0.3) is 0 Å². The number of nitrogens with zero attached hydrogens (tertiary/aromatic N) is 2. The van der Waals surface area contributed by atoms with E-state index in [0.717, 1.165) is 36.6 Å². The van der Waals surface area contributed by atoms with Crippen LogP contribution in [0.2, 0.25) is 0 Å². The molecule has 1 unspecified atom stereocenters. The molecule has 1 heterocycles. The Morgan fingerprint density at radius 1 is 1.17 bits per heavy atom. The monoisotopic (exact) mass is 454 g/mol. The van der Waals surface area contributed by atoms with E-state index < -0.39 is 0 Å². The lowest BCUT2D eigenvalue weighted by Crippen LogP contribution is -2.48. The first-order valence-electron chi connectivity index (χ1n) is 10.2. The van der Waals surface area contributed by atoms with Crippen molar-refractivity contribution in [3.05, 3.63) is 58.1 Å². The highest BCUT2D eigenvalue weighted by atomic mass is 79.9. The summed E-state index contributed by atoms with van der Waals surface area (Å²) < 4.78 is 6.45. The zero-order valence-corrected chi connectivity index (χ0v) is 17.7. The third kappa shape index (κ3) is 3.54. The molecule has 3 aliphatic rings. The van der Waals surface area contributed by atoms with Crippen LogP contribution in [0.4, 0.5) is 5.69 Å². The summed E-state index contributed by atoms with van der Waals surface area (Å²) in [7, 11) is 0. The highest BCUT2D eigenvalue weighted by Gasteiger charge is 2.40. The van der Waals surface area contributed by atoms with Gasteiger partial charge in [0.05, 0.1) is 11.7 Å². The molecular weight excluding hydrogens is 432 g/mol. The fourth-order valence-electron chi connectivity index (χ4n) is 4.57. The SMILES string of the molecule is O=C1COc2cc(Br)ccc2N1CC(=O)N(C1CC1)C1CCCc2ccccc21. The first kappa shape index (κ1) is 18.7. The van der Waals surface area contributed by atoms with Gasteiger partial charge in [-0.3, -0.25) is 14.5 Å². The third-order valence-corrected chi connectivity index (χ3v) is 6.55. The van der Waals surface area contributed by atoms with Gasteiger partial charge in [-0.1, -0.05) is 40.2 Å². The molecule has 0 radical (unpaired) electrons. The normalized spacial score (nSPS) is 20.5. The van der Waals surface area contributed by atoms with Crippen LogP contribution in [-0.4, -0.2) is 35.9 Å². The van der Waals surface area contributed by atoms with Crippen molar-refractivity contribution in [2.45, 2.75) is 44.2 Å². The van der Waals surface area contributed by atoms with E-state index in [1.807, 2.05) is 18.2 Å². The Labute approximate surface area is 178 Å². The van der Waals surface area contributed by atoms with Gasteiger partial charge in [0, 0.05) is 10.5 Å². The van der Waals surface area contributed by atoms with Crippen molar-refractivity contribution >= 4 is 33.4 Å². The topological polar surface area (TPSA) is 49.9 Å². The van der Waals surface area contributed by atoms with E-state index >= 15 is 0 Å². The van der Waals surface area contributed by atoms with Crippen LogP contribution < -0.4 is 9.64 Å². The maximum absolute atomic E-state index is 13.5. The molecule has 0 aromatic heterocycles. The van der Waals surface area contributed by atoms with Crippen molar-refractivity contribution in [1.82, 2.24) is 4.90 Å². The minimum absolute atomic E-state index is 0.0262. The van der Waals surface area contributed by atoms with Crippen LogP contribution in [-0.2, 0) is 16.0 Å². The Balaban J connectivity index is 1.43. The van der Waals surface area contributed by atoms with Crippen LogP contribution in [0.15, 0.2) is 46.9 Å². The van der Waals surface area contributed by atoms with E-state index in [9.17, 15) is 9.59 Å². The summed E-state index contributed by atoms with van der Waals surface area (Å²) in [6, 6.07) is 14.4. The average molecular weight is 455 g/mol. The summed E-state index contributed by atoms with van der Waals surface area (Å²) in [5.74, 6) is 0.485. The number of amides is 2. The molecule has 5 rings (SSSR count). The van der Waals surface area contributed by atoms with Gasteiger partial charge in [-0.15, -0.1) is 0 Å². The molecule has 5 nitrogen and oxygen atoms in total. The van der Waals surface area contributed by atoms with Crippen molar-refractivity contribution in [1.29, 1.82) is 0 Å². The number of halogens is 1. The summed E-state index contributed by atoms with van der Waals surface area (Å²) in [6.07, 6.45) is 5.24. The molecule has 2 amide bonds. The molecule has 0 bridgehead atoms. The Morgan fingerprint density at radius 3 is 2.83 bits per heavy atom. The second kappa shape index (κ2) is 7.48. The molecule has 6 heteroatoms. The van der Waals surface area contributed by atoms with Crippen molar-refractivity contribution in [3.8, 4) is 5.75 Å². The van der Waals surface area contributed by atoms with Crippen LogP contribution in [0, 0.1) is 0 Å². The largest absolute Gasteiger partial charge is 0.482 e. The van der Waals surface area contributed by atoms with Gasteiger partial charge in [-0.25, -0.2) is 0 Å². The van der Waals surface area contributed by atoms with Gasteiger partial charge < -0.3 is 9.64 Å². The van der Waals surface area contributed by atoms with Crippen LogP contribution in [0.3, 0.4) is 0 Å². The van der Waals surface area contributed by atoms with Crippen molar-refractivity contribution < 1.29 is 14.3 Å². The summed E-state index contributed by atoms with van der Waals surface area (Å²) in [5, 5.41) is 0. The molecule has 1 fully saturated rings. The predicted molar refractivity (Wildman–Crippen MR) is 114 cm³/mol. The second-order valence-electron chi connectivity index (χ2n) is 8.02. The summed E-state index contributed by atoms with van der Waals surface area (Å²) >= 11 is 3.44. The number of carbonyl (C=O) groups is 2. The lowest BCUT2D eigenvalue weighted by molar-refractivity contribution is -0.135. The van der Waals surface area contributed by atoms with Gasteiger partial charge in [-0.05, 0) is 61.4 Å². The van der Waals surface area contributed by atoms with Gasteiger partial charge in [0.15, 0.2) is 6.61 Å². The molecule has 0 saturated heterocycles. The number of benzene rings is 2. The smallest absolute Gasteiger partial charge is 0.265 e. The fourth-order valence-corrected chi connectivity index (χ4v) is 4.91. The van der Waals surface area contributed by atoms with Gasteiger partial charge >= 0.3 is 0 Å². The van der Waals surface area contributed by atoms with E-state index in [-0.39, 0.29) is 31.0 Å². The number of rotatable bonds is 4. The first-order valence-corrected chi connectivity index (χ1v) is 11.0. The Kier molecular flexibility index (Phi) is 4.82. The van der Waals surface area contributed by atoms with Crippen LogP contribution in [0.1, 0.15) is 42.9 Å². The number of fused-ring (bicyclic) bond motifs is 2. The lowest BCUT2D eigenvalue weighted by atomic mass is 9.86. The molecule has 1 atom stereocenters. The van der Waals surface area contributed by atoms with E-state index in [2.05, 4.69) is 45.1 Å². The molecule has 1 saturated carbocycles. The minimum Gasteiger partial charge on any atom is -0.482 e. The number of ether oxygens (including phenoxy) is 1. The molecule has 2 aliphatic carbocycles. The number of anilines is 1. The first-order chi connectivity index (χ1) is 14.1. The predicted octanol–water partition coefficient (Wildman–Crippen LogP) is 4.24. The van der Waals surface area contributed by atoms with Crippen LogP contribution >= 0.6 is 15.9 Å². The molecule has 2 aromatic carbocycles. The Hall–Kier alpha value is -2.34. The van der Waals surface area contributed by atoms with Gasteiger partial charge in [0.25, 0.3) is 5.91 Å². The third-order valence-electron chi connectivity index (χ3n) is 6.06. The van der Waals surface area contributed by atoms with Gasteiger partial charge in [0.1, 0.15) is 12.3 Å². The summed E-state index contributed by atoms with van der Waals surface area (Å²) in [4.78, 5) is 29.7. The quantitative estimate of drug-likeness (QED) is 0.693. The standard InChI is InChI=1S/C23H23BrN2O3/c24-16-8-11-20-21(12-16)29-14-23(28)25(20)13-22(27)26(17-9-10-17)19-7-3-5-15-4-1-2-6-18(15)19/h1-2,4,6,8,11-12,17,19H,3,5,7,9-10,13-14H2. The van der Waals surface area contributed by atoms with E-state index in [4.69, 9.17) is 4.74 Å². The van der Waals surface area contributed by atoms with Gasteiger partial charge in [0.2, 0.25) is 5.91 Å². The van der Waals surface area contributed by atoms with Crippen molar-refractivity contribution in [2.24, 2.45) is 0 Å². The molecule has 2 aromatic rings. The maximum Gasteiger partial charge on any atom is 0.265 e. The van der Waals surface area contributed by atoms with E-state index in [1.165, 1.54) is 11.1 Å². The number of hydrogen-bond donors (Lipinski definition) is 0. The zero-order chi connectivity index (χ0) is 20.0. The highest BCUT2D eigenvalue weighted by Crippen LogP contribution is 2.41. The minimum atomic E-state index is -0.173. The second-order valence-corrected chi connectivity index (χ2v) is 8.94. The maximum atomic E-state index is 13.5. The van der Waals surface area contributed by atoms with E-state index in [0.29, 0.717) is 17.5 Å². The van der Waals surface area contributed by atoms with Gasteiger partial charge in [-0.2, -0.15) is 0 Å². The summed E-state index contributed by atoms with van der Waals surface area (Å²) in [6.45, 7) is 0.0262. The Morgan fingerprint density at radius 2 is 2.00 bits per heavy atom.